The number of ether oxygens (including phenoxy) is 1. The lowest BCUT2D eigenvalue weighted by atomic mass is 10.5. The third-order valence-corrected chi connectivity index (χ3v) is 1.41. The largest absolute Gasteiger partial charge is 0.453 e. The number of carbonyl (C=O) groups excluding carboxylic acids is 1. The number of aliphatic hydroxyl groups is 2. The maximum absolute atomic E-state index is 10.8. The van der Waals surface area contributed by atoms with Gasteiger partial charge in [0.2, 0.25) is 0 Å². The number of aliphatic hydroxyl groups excluding tert-OH is 2. The minimum absolute atomic E-state index is 0.755. The summed E-state index contributed by atoms with van der Waals surface area (Å²) in [5.41, 5.74) is 0. The molecule has 2 unspecified atom stereocenters. The van der Waals surface area contributed by atoms with Crippen LogP contribution in [0, 0.1) is 0 Å². The van der Waals surface area contributed by atoms with E-state index in [4.69, 9.17) is 10.2 Å². The van der Waals surface area contributed by atoms with E-state index in [0.717, 1.165) is 4.90 Å². The molecule has 1 heterocycles. The molecule has 5 heteroatoms. The highest BCUT2D eigenvalue weighted by atomic mass is 16.6. The summed E-state index contributed by atoms with van der Waals surface area (Å²) in [5.74, 6) is 0. The summed E-state index contributed by atoms with van der Waals surface area (Å²) in [6.07, 6.45) is -0.312. The van der Waals surface area contributed by atoms with E-state index in [1.54, 1.807) is 0 Å². The fourth-order valence-corrected chi connectivity index (χ4v) is 0.862. The van der Waals surface area contributed by atoms with Gasteiger partial charge in [0.1, 0.15) is 0 Å². The van der Waals surface area contributed by atoms with Gasteiger partial charge in [0.05, 0.1) is 7.11 Å². The van der Waals surface area contributed by atoms with Crippen LogP contribution in [0.15, 0.2) is 12.2 Å². The van der Waals surface area contributed by atoms with E-state index in [1.165, 1.54) is 19.3 Å². The number of rotatable bonds is 0. The zero-order chi connectivity index (χ0) is 8.43. The van der Waals surface area contributed by atoms with Crippen LogP contribution in [0.2, 0.25) is 0 Å². The molecule has 62 valence electrons. The topological polar surface area (TPSA) is 70.0 Å². The van der Waals surface area contributed by atoms with E-state index in [1.807, 2.05) is 0 Å². The average molecular weight is 159 g/mol. The Morgan fingerprint density at radius 1 is 1.45 bits per heavy atom. The zero-order valence-electron chi connectivity index (χ0n) is 5.97. The Balaban J connectivity index is 2.65. The molecule has 0 aliphatic carbocycles. The van der Waals surface area contributed by atoms with Crippen LogP contribution in [-0.2, 0) is 4.74 Å². The molecule has 0 bridgehead atoms. The molecule has 0 radical (unpaired) electrons. The number of carbonyl (C=O) groups is 1. The quantitative estimate of drug-likeness (QED) is 0.457. The third-order valence-electron chi connectivity index (χ3n) is 1.41. The van der Waals surface area contributed by atoms with Gasteiger partial charge in [-0.15, -0.1) is 0 Å². The van der Waals surface area contributed by atoms with Crippen molar-refractivity contribution in [3.63, 3.8) is 0 Å². The molecule has 1 aliphatic heterocycles. The fourth-order valence-electron chi connectivity index (χ4n) is 0.862. The maximum Gasteiger partial charge on any atom is 0.414 e. The second-order valence-electron chi connectivity index (χ2n) is 2.09. The van der Waals surface area contributed by atoms with Crippen molar-refractivity contribution >= 4 is 6.09 Å². The molecule has 0 saturated heterocycles. The van der Waals surface area contributed by atoms with E-state index in [0.29, 0.717) is 0 Å². The van der Waals surface area contributed by atoms with Crippen molar-refractivity contribution in [3.05, 3.63) is 12.2 Å². The number of hydrogen-bond donors (Lipinski definition) is 2. The fraction of sp³-hybridized carbons (Fsp3) is 0.500. The lowest BCUT2D eigenvalue weighted by Gasteiger charge is -2.21. The molecule has 0 fully saturated rings. The summed E-state index contributed by atoms with van der Waals surface area (Å²) < 4.78 is 4.30. The van der Waals surface area contributed by atoms with Crippen molar-refractivity contribution < 1.29 is 19.7 Å². The summed E-state index contributed by atoms with van der Waals surface area (Å²) in [6, 6.07) is 0. The molecule has 11 heavy (non-hydrogen) atoms. The Bertz CT molecular complexity index is 179. The Kier molecular flexibility index (Phi) is 2.11. The van der Waals surface area contributed by atoms with Crippen molar-refractivity contribution in [3.8, 4) is 0 Å². The van der Waals surface area contributed by atoms with Crippen LogP contribution >= 0.6 is 0 Å². The predicted molar refractivity (Wildman–Crippen MR) is 35.4 cm³/mol. The lowest BCUT2D eigenvalue weighted by molar-refractivity contribution is -0.0292. The monoisotopic (exact) mass is 159 g/mol. The summed E-state index contributed by atoms with van der Waals surface area (Å²) in [7, 11) is 1.18. The lowest BCUT2D eigenvalue weighted by Crippen LogP contribution is -2.41. The molecular formula is C6H9NO4. The number of nitrogens with zero attached hydrogens (tertiary/aromatic N) is 1. The number of methoxy groups -OCH3 is 1. The maximum atomic E-state index is 10.8. The van der Waals surface area contributed by atoms with E-state index < -0.39 is 18.5 Å². The van der Waals surface area contributed by atoms with Gasteiger partial charge in [0.25, 0.3) is 0 Å². The summed E-state index contributed by atoms with van der Waals surface area (Å²) >= 11 is 0. The normalized spacial score (nSPS) is 29.2. The molecule has 5 nitrogen and oxygen atoms in total. The Morgan fingerprint density at radius 2 is 1.91 bits per heavy atom. The van der Waals surface area contributed by atoms with Gasteiger partial charge in [0.15, 0.2) is 12.5 Å². The van der Waals surface area contributed by atoms with Crippen LogP contribution in [0.25, 0.3) is 0 Å². The molecule has 0 saturated carbocycles. The molecular weight excluding hydrogens is 150 g/mol. The van der Waals surface area contributed by atoms with Gasteiger partial charge in [-0.25, -0.2) is 9.69 Å². The molecule has 0 aromatic carbocycles. The van der Waals surface area contributed by atoms with Crippen LogP contribution in [-0.4, -0.2) is 40.8 Å². The summed E-state index contributed by atoms with van der Waals surface area (Å²) in [6.45, 7) is 0. The van der Waals surface area contributed by atoms with Crippen LogP contribution in [0.3, 0.4) is 0 Å². The Hall–Kier alpha value is -1.07. The van der Waals surface area contributed by atoms with Crippen LogP contribution in [0.5, 0.6) is 0 Å². The second-order valence-corrected chi connectivity index (χ2v) is 2.09. The van der Waals surface area contributed by atoms with Crippen molar-refractivity contribution in [2.75, 3.05) is 7.11 Å². The molecule has 0 spiro atoms. The van der Waals surface area contributed by atoms with Crippen molar-refractivity contribution in [1.82, 2.24) is 4.90 Å². The molecule has 2 N–H and O–H groups in total. The summed E-state index contributed by atoms with van der Waals surface area (Å²) in [4.78, 5) is 11.6. The minimum atomic E-state index is -1.09. The highest BCUT2D eigenvalue weighted by molar-refractivity contribution is 5.69. The SMILES string of the molecule is COC(=O)N1C(O)C=CC1O. The van der Waals surface area contributed by atoms with Gasteiger partial charge in [-0.05, 0) is 12.2 Å². The van der Waals surface area contributed by atoms with E-state index in [2.05, 4.69) is 4.74 Å². The molecule has 1 amide bonds. The molecule has 1 rings (SSSR count). The first kappa shape index (κ1) is 8.03. The first-order chi connectivity index (χ1) is 5.16. The highest BCUT2D eigenvalue weighted by Crippen LogP contribution is 2.13. The molecule has 1 aliphatic rings. The van der Waals surface area contributed by atoms with Gasteiger partial charge in [-0.3, -0.25) is 0 Å². The summed E-state index contributed by atoms with van der Waals surface area (Å²) in [5, 5.41) is 18.1. The van der Waals surface area contributed by atoms with Gasteiger partial charge in [-0.2, -0.15) is 0 Å². The first-order valence-electron chi connectivity index (χ1n) is 3.07. The van der Waals surface area contributed by atoms with Crippen LogP contribution in [0.4, 0.5) is 4.79 Å². The van der Waals surface area contributed by atoms with E-state index in [-0.39, 0.29) is 0 Å². The van der Waals surface area contributed by atoms with Crippen molar-refractivity contribution in [2.45, 2.75) is 12.5 Å². The van der Waals surface area contributed by atoms with Crippen LogP contribution < -0.4 is 0 Å². The van der Waals surface area contributed by atoms with Gasteiger partial charge in [0, 0.05) is 0 Å². The molecule has 0 aromatic rings. The van der Waals surface area contributed by atoms with Crippen molar-refractivity contribution in [1.29, 1.82) is 0 Å². The Labute approximate surface area is 63.5 Å². The standard InChI is InChI=1S/C6H9NO4/c1-11-6(10)7-4(8)2-3-5(7)9/h2-5,8-9H,1H3. The van der Waals surface area contributed by atoms with Gasteiger partial charge >= 0.3 is 6.09 Å². The Morgan fingerprint density at radius 3 is 2.27 bits per heavy atom. The predicted octanol–water partition coefficient (Wildman–Crippen LogP) is -0.739. The number of amides is 1. The molecule has 0 aromatic heterocycles. The molecule has 2 atom stereocenters. The average Bonchev–Trinajstić information content (AvgIpc) is 2.30. The van der Waals surface area contributed by atoms with Crippen molar-refractivity contribution in [2.24, 2.45) is 0 Å². The van der Waals surface area contributed by atoms with Gasteiger partial charge < -0.3 is 14.9 Å². The highest BCUT2D eigenvalue weighted by Gasteiger charge is 2.30. The van der Waals surface area contributed by atoms with Crippen LogP contribution in [0.1, 0.15) is 0 Å². The van der Waals surface area contributed by atoms with E-state index in [9.17, 15) is 4.79 Å². The minimum Gasteiger partial charge on any atom is -0.453 e. The van der Waals surface area contributed by atoms with E-state index >= 15 is 0 Å². The smallest absolute Gasteiger partial charge is 0.414 e. The first-order valence-corrected chi connectivity index (χ1v) is 3.07. The van der Waals surface area contributed by atoms with Gasteiger partial charge in [-0.1, -0.05) is 0 Å². The third kappa shape index (κ3) is 1.33. The zero-order valence-corrected chi connectivity index (χ0v) is 5.97. The second kappa shape index (κ2) is 2.89. The number of hydrogen-bond acceptors (Lipinski definition) is 4.